The van der Waals surface area contributed by atoms with Gasteiger partial charge in [-0.05, 0) is 67.7 Å². The van der Waals surface area contributed by atoms with Crippen molar-refractivity contribution in [3.05, 3.63) is 96.0 Å². The Balaban J connectivity index is 1.52. The average Bonchev–Trinajstić information content (AvgIpc) is 3.54. The van der Waals surface area contributed by atoms with Gasteiger partial charge in [-0.25, -0.2) is 0 Å². The van der Waals surface area contributed by atoms with Crippen molar-refractivity contribution in [1.29, 1.82) is 0 Å². The molecule has 194 valence electrons. The maximum absolute atomic E-state index is 12.0. The lowest BCUT2D eigenvalue weighted by Crippen LogP contribution is -2.29. The second kappa shape index (κ2) is 11.3. The van der Waals surface area contributed by atoms with Crippen LogP contribution in [0, 0.1) is 6.92 Å². The van der Waals surface area contributed by atoms with Crippen LogP contribution in [0.3, 0.4) is 0 Å². The number of methoxy groups -OCH3 is 1. The quantitative estimate of drug-likeness (QED) is 0.238. The van der Waals surface area contributed by atoms with Crippen LogP contribution in [0.15, 0.2) is 93.4 Å². The Hall–Kier alpha value is -3.82. The van der Waals surface area contributed by atoms with E-state index in [1.165, 1.54) is 5.56 Å². The Labute approximate surface area is 231 Å². The number of carbonyl (C=O) groups is 1. The smallest absolute Gasteiger partial charge is 0.224 e. The van der Waals surface area contributed by atoms with Crippen molar-refractivity contribution in [2.24, 2.45) is 0 Å². The van der Waals surface area contributed by atoms with E-state index in [1.54, 1.807) is 25.1 Å². The number of pyridine rings is 1. The molecule has 2 aromatic heterocycles. The summed E-state index contributed by atoms with van der Waals surface area (Å²) >= 11 is 7.40. The summed E-state index contributed by atoms with van der Waals surface area (Å²) in [7, 11) is 1.58. The van der Waals surface area contributed by atoms with Crippen molar-refractivity contribution in [3.8, 4) is 5.75 Å². The van der Waals surface area contributed by atoms with Crippen molar-refractivity contribution in [2.45, 2.75) is 42.3 Å². The molecule has 0 spiro atoms. The lowest BCUT2D eigenvalue weighted by atomic mass is 10.0. The monoisotopic (exact) mass is 544 g/mol. The number of nitrogens with one attached hydrogen (secondary N) is 2. The summed E-state index contributed by atoms with van der Waals surface area (Å²) in [5, 5.41) is 7.66. The fourth-order valence-corrected chi connectivity index (χ4v) is 5.49. The van der Waals surface area contributed by atoms with Crippen LogP contribution < -0.4 is 20.3 Å². The van der Waals surface area contributed by atoms with E-state index in [9.17, 15) is 4.79 Å². The molecular formula is C29H28N4O3S2. The Morgan fingerprint density at radius 3 is 2.68 bits per heavy atom. The van der Waals surface area contributed by atoms with Crippen LogP contribution in [0.5, 0.6) is 5.75 Å². The van der Waals surface area contributed by atoms with Gasteiger partial charge >= 0.3 is 0 Å². The molecule has 1 fully saturated rings. The van der Waals surface area contributed by atoms with Gasteiger partial charge in [0.15, 0.2) is 10.2 Å². The molecule has 9 heteroatoms. The van der Waals surface area contributed by atoms with E-state index in [0.717, 1.165) is 27.1 Å². The SMILES string of the molecule is CCC(=O)Nc1ccc(N2C(=S)N[C@@H](c3ccccn3)[C@@H]2c2ccc(Sc3ccc(C)cc3)o2)cc1OC. The fraction of sp³-hybridized carbons (Fsp3) is 0.207. The van der Waals surface area contributed by atoms with E-state index in [-0.39, 0.29) is 18.0 Å². The number of furan rings is 1. The van der Waals surface area contributed by atoms with Crippen LogP contribution in [0.4, 0.5) is 11.4 Å². The molecule has 0 unspecified atom stereocenters. The first-order valence-corrected chi connectivity index (χ1v) is 13.5. The number of carbonyl (C=O) groups excluding carboxylic acids is 1. The number of nitrogens with zero attached hydrogens (tertiary/aromatic N) is 2. The minimum atomic E-state index is -0.300. The van der Waals surface area contributed by atoms with Crippen LogP contribution >= 0.6 is 24.0 Å². The highest BCUT2D eigenvalue weighted by Crippen LogP contribution is 2.44. The van der Waals surface area contributed by atoms with Gasteiger partial charge in [-0.3, -0.25) is 9.78 Å². The molecular weight excluding hydrogens is 516 g/mol. The van der Waals surface area contributed by atoms with E-state index < -0.39 is 0 Å². The summed E-state index contributed by atoms with van der Waals surface area (Å²) in [6.45, 7) is 3.88. The summed E-state index contributed by atoms with van der Waals surface area (Å²) in [4.78, 5) is 19.7. The van der Waals surface area contributed by atoms with Gasteiger partial charge in [0, 0.05) is 29.3 Å². The van der Waals surface area contributed by atoms with Gasteiger partial charge in [0.25, 0.3) is 0 Å². The van der Waals surface area contributed by atoms with Gasteiger partial charge in [0.2, 0.25) is 5.91 Å². The number of aryl methyl sites for hydroxylation is 1. The molecule has 0 bridgehead atoms. The third kappa shape index (κ3) is 5.39. The Morgan fingerprint density at radius 2 is 1.97 bits per heavy atom. The molecule has 0 aliphatic carbocycles. The van der Waals surface area contributed by atoms with E-state index in [2.05, 4.69) is 46.8 Å². The molecule has 5 rings (SSSR count). The van der Waals surface area contributed by atoms with Crippen molar-refractivity contribution in [2.75, 3.05) is 17.3 Å². The normalized spacial score (nSPS) is 16.8. The maximum atomic E-state index is 12.0. The Bertz CT molecular complexity index is 1440. The highest BCUT2D eigenvalue weighted by atomic mass is 32.2. The molecule has 0 saturated carbocycles. The minimum Gasteiger partial charge on any atom is -0.494 e. The van der Waals surface area contributed by atoms with E-state index in [1.807, 2.05) is 60.4 Å². The summed E-state index contributed by atoms with van der Waals surface area (Å²) in [6, 6.07) is 23.2. The van der Waals surface area contributed by atoms with Gasteiger partial charge in [-0.1, -0.05) is 42.4 Å². The van der Waals surface area contributed by atoms with Crippen LogP contribution in [0.2, 0.25) is 0 Å². The number of rotatable bonds is 8. The second-order valence-electron chi connectivity index (χ2n) is 8.85. The third-order valence-corrected chi connectivity index (χ3v) is 7.53. The number of hydrogen-bond donors (Lipinski definition) is 2. The first-order valence-electron chi connectivity index (χ1n) is 12.3. The van der Waals surface area contributed by atoms with Crippen LogP contribution in [0.1, 0.15) is 42.4 Å². The average molecular weight is 545 g/mol. The minimum absolute atomic E-state index is 0.0864. The number of benzene rings is 2. The fourth-order valence-electron chi connectivity index (χ4n) is 4.36. The van der Waals surface area contributed by atoms with E-state index in [0.29, 0.717) is 23.0 Å². The van der Waals surface area contributed by atoms with E-state index in [4.69, 9.17) is 21.4 Å². The zero-order chi connectivity index (χ0) is 26.6. The molecule has 2 atom stereocenters. The van der Waals surface area contributed by atoms with Gasteiger partial charge in [0.1, 0.15) is 17.6 Å². The standard InChI is InChI=1S/C29H28N4O3S2/c1-4-25(34)31-21-13-10-19(17-24(21)35-3)33-28(27(32-29(33)37)22-7-5-6-16-30-22)23-14-15-26(36-23)38-20-11-8-18(2)9-12-20/h5-17,27-28H,4H2,1-3H3,(H,31,34)(H,32,37)/t27-,28-/m0/s1. The third-order valence-electron chi connectivity index (χ3n) is 6.29. The zero-order valence-corrected chi connectivity index (χ0v) is 22.9. The van der Waals surface area contributed by atoms with Crippen LogP contribution in [-0.4, -0.2) is 23.1 Å². The van der Waals surface area contributed by atoms with Gasteiger partial charge in [-0.2, -0.15) is 0 Å². The molecule has 38 heavy (non-hydrogen) atoms. The summed E-state index contributed by atoms with van der Waals surface area (Å²) in [6.07, 6.45) is 2.15. The largest absolute Gasteiger partial charge is 0.494 e. The van der Waals surface area contributed by atoms with E-state index >= 15 is 0 Å². The van der Waals surface area contributed by atoms with Crippen molar-refractivity contribution >= 4 is 46.4 Å². The second-order valence-corrected chi connectivity index (χ2v) is 10.3. The first kappa shape index (κ1) is 25.8. The zero-order valence-electron chi connectivity index (χ0n) is 21.3. The number of amides is 1. The lowest BCUT2D eigenvalue weighted by molar-refractivity contribution is -0.115. The predicted molar refractivity (Wildman–Crippen MR) is 154 cm³/mol. The molecule has 2 aromatic carbocycles. The molecule has 1 saturated heterocycles. The molecule has 2 N–H and O–H groups in total. The number of anilines is 2. The first-order chi connectivity index (χ1) is 18.5. The molecule has 1 amide bonds. The number of aromatic nitrogens is 1. The highest BCUT2D eigenvalue weighted by Gasteiger charge is 2.42. The van der Waals surface area contributed by atoms with Gasteiger partial charge < -0.3 is 24.7 Å². The molecule has 0 radical (unpaired) electrons. The predicted octanol–water partition coefficient (Wildman–Crippen LogP) is 6.67. The molecule has 7 nitrogen and oxygen atoms in total. The highest BCUT2D eigenvalue weighted by molar-refractivity contribution is 7.99. The molecule has 3 heterocycles. The lowest BCUT2D eigenvalue weighted by Gasteiger charge is -2.26. The van der Waals surface area contributed by atoms with Crippen LogP contribution in [-0.2, 0) is 4.79 Å². The summed E-state index contributed by atoms with van der Waals surface area (Å²) < 4.78 is 12.0. The van der Waals surface area contributed by atoms with Crippen LogP contribution in [0.25, 0.3) is 0 Å². The van der Waals surface area contributed by atoms with Crippen molar-refractivity contribution in [1.82, 2.24) is 10.3 Å². The van der Waals surface area contributed by atoms with Crippen molar-refractivity contribution < 1.29 is 13.9 Å². The topological polar surface area (TPSA) is 79.6 Å². The summed E-state index contributed by atoms with van der Waals surface area (Å²) in [5.41, 5.74) is 3.48. The number of hydrogen-bond acceptors (Lipinski definition) is 6. The Morgan fingerprint density at radius 1 is 1.16 bits per heavy atom. The Kier molecular flexibility index (Phi) is 7.67. The molecule has 4 aromatic rings. The number of ether oxygens (including phenoxy) is 1. The van der Waals surface area contributed by atoms with Gasteiger partial charge in [0.05, 0.1) is 24.5 Å². The maximum Gasteiger partial charge on any atom is 0.224 e. The number of thiocarbonyl (C=S) groups is 1. The summed E-state index contributed by atoms with van der Waals surface area (Å²) in [5.74, 6) is 1.21. The molecule has 1 aliphatic heterocycles. The van der Waals surface area contributed by atoms with Crippen molar-refractivity contribution in [3.63, 3.8) is 0 Å². The molecule has 1 aliphatic rings. The van der Waals surface area contributed by atoms with Gasteiger partial charge in [-0.15, -0.1) is 0 Å².